The Labute approximate surface area is 210 Å². The van der Waals surface area contributed by atoms with Crippen molar-refractivity contribution in [3.8, 4) is 17.0 Å². The number of hydrogen-bond acceptors (Lipinski definition) is 4. The maximum absolute atomic E-state index is 11.3. The molecule has 0 spiro atoms. The topological polar surface area (TPSA) is 60.7 Å². The van der Waals surface area contributed by atoms with Crippen molar-refractivity contribution >= 4 is 40.8 Å². The summed E-state index contributed by atoms with van der Waals surface area (Å²) in [5.74, 6) is -0.175. The maximum atomic E-state index is 11.3. The number of benzene rings is 2. The van der Waals surface area contributed by atoms with Crippen molar-refractivity contribution in [3.05, 3.63) is 71.9 Å². The van der Waals surface area contributed by atoms with E-state index in [-0.39, 0.29) is 23.1 Å². The zero-order valence-corrected chi connectivity index (χ0v) is 21.1. The number of nitrogens with zero attached hydrogens (tertiary/aromatic N) is 1. The molecule has 166 valence electrons. The molecule has 1 aromatic heterocycles. The summed E-state index contributed by atoms with van der Waals surface area (Å²) in [6, 6.07) is 20.4. The van der Waals surface area contributed by atoms with Gasteiger partial charge in [0.1, 0.15) is 12.4 Å². The standard InChI is InChI=1S/C25H29NO4S.Mg/c1-4-29-24(25(27)28)17-19-6-10-21(11-7-19)30-16-15-26-18(2)5-14-23(26)20-8-12-22(31-3)13-9-20;/h5-14,24H,4,15-17H2,1-3H3,(H,27,28);/t24-;/m0./s1. The Hall–Kier alpha value is -1.93. The Balaban J connectivity index is 0.00000363. The number of rotatable bonds is 11. The number of hydrogen-bond donors (Lipinski definition) is 1. The molecule has 2 radical (unpaired) electrons. The van der Waals surface area contributed by atoms with Crippen LogP contribution in [0.15, 0.2) is 65.6 Å². The molecule has 0 fully saturated rings. The lowest BCUT2D eigenvalue weighted by molar-refractivity contribution is -0.149. The zero-order chi connectivity index (χ0) is 22.2. The van der Waals surface area contributed by atoms with E-state index in [0.717, 1.165) is 17.9 Å². The van der Waals surface area contributed by atoms with Crippen LogP contribution in [-0.4, -0.2) is 64.3 Å². The number of thioether (sulfide) groups is 1. The molecule has 0 saturated heterocycles. The van der Waals surface area contributed by atoms with Gasteiger partial charge in [0, 0.05) is 52.4 Å². The normalized spacial score (nSPS) is 11.6. The van der Waals surface area contributed by atoms with Crippen molar-refractivity contribution in [1.82, 2.24) is 4.57 Å². The van der Waals surface area contributed by atoms with Gasteiger partial charge in [-0.15, -0.1) is 11.8 Å². The van der Waals surface area contributed by atoms with Crippen molar-refractivity contribution in [3.63, 3.8) is 0 Å². The molecule has 0 aliphatic carbocycles. The number of aliphatic carboxylic acids is 1. The fourth-order valence-electron chi connectivity index (χ4n) is 3.49. The minimum absolute atomic E-state index is 0. The van der Waals surface area contributed by atoms with Gasteiger partial charge in [0.25, 0.3) is 0 Å². The van der Waals surface area contributed by atoms with Crippen LogP contribution in [-0.2, 0) is 22.5 Å². The van der Waals surface area contributed by atoms with Crippen LogP contribution in [0.5, 0.6) is 5.75 Å². The van der Waals surface area contributed by atoms with Gasteiger partial charge in [0.05, 0.1) is 6.54 Å². The third-order valence-electron chi connectivity index (χ3n) is 5.16. The molecular weight excluding hydrogens is 435 g/mol. The van der Waals surface area contributed by atoms with Gasteiger partial charge in [-0.3, -0.25) is 0 Å². The van der Waals surface area contributed by atoms with Crippen LogP contribution in [0.25, 0.3) is 11.3 Å². The Morgan fingerprint density at radius 2 is 1.75 bits per heavy atom. The van der Waals surface area contributed by atoms with Gasteiger partial charge in [0.15, 0.2) is 6.10 Å². The van der Waals surface area contributed by atoms with Crippen molar-refractivity contribution in [2.75, 3.05) is 19.5 Å². The van der Waals surface area contributed by atoms with Gasteiger partial charge in [-0.05, 0) is 67.6 Å². The molecule has 32 heavy (non-hydrogen) atoms. The minimum atomic E-state index is -0.942. The highest BCUT2D eigenvalue weighted by Gasteiger charge is 2.17. The number of carbonyl (C=O) groups is 1. The second kappa shape index (κ2) is 12.9. The highest BCUT2D eigenvalue weighted by atomic mass is 32.2. The van der Waals surface area contributed by atoms with Crippen LogP contribution in [0.4, 0.5) is 0 Å². The predicted molar refractivity (Wildman–Crippen MR) is 131 cm³/mol. The van der Waals surface area contributed by atoms with Gasteiger partial charge >= 0.3 is 5.97 Å². The van der Waals surface area contributed by atoms with E-state index in [2.05, 4.69) is 54.1 Å². The summed E-state index contributed by atoms with van der Waals surface area (Å²) < 4.78 is 13.5. The number of aromatic nitrogens is 1. The fourth-order valence-corrected chi connectivity index (χ4v) is 3.90. The zero-order valence-electron chi connectivity index (χ0n) is 18.9. The van der Waals surface area contributed by atoms with E-state index in [4.69, 9.17) is 9.47 Å². The summed E-state index contributed by atoms with van der Waals surface area (Å²) in [5.41, 5.74) is 4.47. The summed E-state index contributed by atoms with van der Waals surface area (Å²) in [4.78, 5) is 12.5. The minimum Gasteiger partial charge on any atom is -0.492 e. The molecule has 1 atom stereocenters. The molecule has 0 bridgehead atoms. The van der Waals surface area contributed by atoms with Crippen LogP contribution in [0, 0.1) is 6.92 Å². The van der Waals surface area contributed by atoms with E-state index in [1.165, 1.54) is 21.8 Å². The summed E-state index contributed by atoms with van der Waals surface area (Å²) in [6.45, 7) is 5.56. The molecule has 2 aromatic carbocycles. The molecule has 1 heterocycles. The lowest BCUT2D eigenvalue weighted by Crippen LogP contribution is -2.26. The largest absolute Gasteiger partial charge is 0.492 e. The van der Waals surface area contributed by atoms with Gasteiger partial charge < -0.3 is 19.1 Å². The van der Waals surface area contributed by atoms with Gasteiger partial charge in [-0.2, -0.15) is 0 Å². The maximum Gasteiger partial charge on any atom is 0.333 e. The van der Waals surface area contributed by atoms with Gasteiger partial charge in [-0.25, -0.2) is 4.79 Å². The highest BCUT2D eigenvalue weighted by molar-refractivity contribution is 7.98. The van der Waals surface area contributed by atoms with E-state index < -0.39 is 12.1 Å². The smallest absolute Gasteiger partial charge is 0.333 e. The molecule has 0 aliphatic rings. The van der Waals surface area contributed by atoms with E-state index in [0.29, 0.717) is 19.6 Å². The molecule has 7 heteroatoms. The van der Waals surface area contributed by atoms with Crippen molar-refractivity contribution in [2.24, 2.45) is 0 Å². The van der Waals surface area contributed by atoms with E-state index in [9.17, 15) is 9.90 Å². The Morgan fingerprint density at radius 1 is 1.06 bits per heavy atom. The number of carboxylic acids is 1. The molecule has 5 nitrogen and oxygen atoms in total. The van der Waals surface area contributed by atoms with Crippen LogP contribution in [0.1, 0.15) is 18.2 Å². The molecule has 3 rings (SSSR count). The first kappa shape index (κ1) is 26.3. The molecular formula is C25H29MgNO4S. The first-order chi connectivity index (χ1) is 15.0. The van der Waals surface area contributed by atoms with Gasteiger partial charge in [0.2, 0.25) is 0 Å². The number of aryl methyl sites for hydroxylation is 1. The second-order valence-electron chi connectivity index (χ2n) is 7.22. The Morgan fingerprint density at radius 3 is 2.34 bits per heavy atom. The molecule has 1 N–H and O–H groups in total. The molecule has 0 unspecified atom stereocenters. The average molecular weight is 464 g/mol. The molecule has 3 aromatic rings. The monoisotopic (exact) mass is 463 g/mol. The average Bonchev–Trinajstić information content (AvgIpc) is 3.15. The molecule has 0 saturated carbocycles. The number of ether oxygens (including phenoxy) is 2. The fraction of sp³-hybridized carbons (Fsp3) is 0.320. The third-order valence-corrected chi connectivity index (χ3v) is 5.90. The molecule has 0 aliphatic heterocycles. The predicted octanol–water partition coefficient (Wildman–Crippen LogP) is 4.92. The van der Waals surface area contributed by atoms with Crippen LogP contribution >= 0.6 is 11.8 Å². The molecule has 0 amide bonds. The summed E-state index contributed by atoms with van der Waals surface area (Å²) in [7, 11) is 0. The lowest BCUT2D eigenvalue weighted by atomic mass is 10.1. The number of carboxylic acid groups (broad SMARTS) is 1. The Bertz CT molecular complexity index is 986. The van der Waals surface area contributed by atoms with E-state index in [1.54, 1.807) is 18.7 Å². The second-order valence-corrected chi connectivity index (χ2v) is 8.10. The SMILES string of the molecule is CCO[C@@H](Cc1ccc(OCCn2c(C)ccc2-c2ccc(SC)cc2)cc1)C(=O)O.[Mg]. The Kier molecular flexibility index (Phi) is 10.6. The van der Waals surface area contributed by atoms with Crippen molar-refractivity contribution in [1.29, 1.82) is 0 Å². The highest BCUT2D eigenvalue weighted by Crippen LogP contribution is 2.25. The quantitative estimate of drug-likeness (QED) is 0.323. The van der Waals surface area contributed by atoms with Crippen molar-refractivity contribution in [2.45, 2.75) is 37.8 Å². The first-order valence-electron chi connectivity index (χ1n) is 10.4. The van der Waals surface area contributed by atoms with Crippen LogP contribution in [0.3, 0.4) is 0 Å². The first-order valence-corrected chi connectivity index (χ1v) is 11.6. The summed E-state index contributed by atoms with van der Waals surface area (Å²) >= 11 is 1.74. The van der Waals surface area contributed by atoms with E-state index >= 15 is 0 Å². The lowest BCUT2D eigenvalue weighted by Gasteiger charge is -2.14. The van der Waals surface area contributed by atoms with Crippen LogP contribution < -0.4 is 4.74 Å². The van der Waals surface area contributed by atoms with Gasteiger partial charge in [-0.1, -0.05) is 24.3 Å². The summed E-state index contributed by atoms with van der Waals surface area (Å²) in [5, 5.41) is 9.23. The van der Waals surface area contributed by atoms with Crippen LogP contribution in [0.2, 0.25) is 0 Å². The third kappa shape index (κ3) is 7.03. The summed E-state index contributed by atoms with van der Waals surface area (Å²) in [6.07, 6.45) is 1.59. The van der Waals surface area contributed by atoms with E-state index in [1.807, 2.05) is 24.3 Å². The van der Waals surface area contributed by atoms with Crippen molar-refractivity contribution < 1.29 is 19.4 Å².